The Morgan fingerprint density at radius 1 is 0.742 bits per heavy atom. The minimum Gasteiger partial charge on any atom is -0.851 e. The molecular formula is C47H73N10O8S-. The second-order valence-electron chi connectivity index (χ2n) is 19.9. The van der Waals surface area contributed by atoms with Crippen LogP contribution in [0.1, 0.15) is 88.2 Å². The maximum atomic E-state index is 13.8. The lowest BCUT2D eigenvalue weighted by Crippen LogP contribution is -2.63. The van der Waals surface area contributed by atoms with Crippen molar-refractivity contribution in [3.63, 3.8) is 0 Å². The van der Waals surface area contributed by atoms with Crippen molar-refractivity contribution < 1.29 is 46.4 Å². The van der Waals surface area contributed by atoms with Gasteiger partial charge in [-0.15, -0.1) is 22.4 Å². The number of anilines is 2. The molecule has 366 valence electrons. The first-order valence-corrected chi connectivity index (χ1v) is 24.8. The van der Waals surface area contributed by atoms with Gasteiger partial charge in [-0.3, -0.25) is 9.36 Å². The second kappa shape index (κ2) is 23.0. The lowest BCUT2D eigenvalue weighted by Gasteiger charge is -2.61. The molecule has 2 aromatic carbocycles. The van der Waals surface area contributed by atoms with E-state index in [1.54, 1.807) is 25.5 Å². The Morgan fingerprint density at radius 3 is 1.67 bits per heavy atom. The zero-order valence-corrected chi connectivity index (χ0v) is 41.4. The number of hydrogen-bond donors (Lipinski definition) is 0. The van der Waals surface area contributed by atoms with Crippen molar-refractivity contribution in [1.29, 1.82) is 0 Å². The zero-order chi connectivity index (χ0) is 48.3. The molecule has 1 aliphatic rings. The number of quaternary nitrogens is 2. The molecule has 1 fully saturated rings. The monoisotopic (exact) mass is 938 g/mol. The number of ether oxygens (including phenoxy) is 2. The van der Waals surface area contributed by atoms with Crippen molar-refractivity contribution in [2.75, 3.05) is 96.2 Å². The van der Waals surface area contributed by atoms with Gasteiger partial charge >= 0.3 is 5.97 Å². The molecule has 0 N–H and O–H groups in total. The molecular weight excluding hydrogens is 865 g/mol. The molecule has 0 radical (unpaired) electrons. The number of unbranched alkanes of at least 4 members (excludes halogenated alkanes) is 1. The van der Waals surface area contributed by atoms with Gasteiger partial charge in [0.25, 0.3) is 0 Å². The molecule has 5 rings (SSSR count). The van der Waals surface area contributed by atoms with Gasteiger partial charge in [0.15, 0.2) is 0 Å². The molecule has 2 heterocycles. The molecule has 2 unspecified atom stereocenters. The van der Waals surface area contributed by atoms with Gasteiger partial charge in [-0.25, -0.2) is 13.2 Å². The maximum Gasteiger partial charge on any atom is 0.332 e. The van der Waals surface area contributed by atoms with E-state index in [1.165, 1.54) is 12.8 Å². The van der Waals surface area contributed by atoms with E-state index in [1.807, 2.05) is 79.7 Å². The van der Waals surface area contributed by atoms with Gasteiger partial charge in [0.1, 0.15) is 36.7 Å². The van der Waals surface area contributed by atoms with Crippen molar-refractivity contribution >= 4 is 27.5 Å². The van der Waals surface area contributed by atoms with Crippen molar-refractivity contribution in [1.82, 2.24) is 30.0 Å². The highest BCUT2D eigenvalue weighted by atomic mass is 32.2. The number of hydrogen-bond acceptors (Lipinski definition) is 14. The van der Waals surface area contributed by atoms with E-state index >= 15 is 0 Å². The molecule has 18 nitrogen and oxygen atoms in total. The van der Waals surface area contributed by atoms with Crippen LogP contribution in [0.25, 0.3) is 0 Å². The third kappa shape index (κ3) is 16.1. The fraction of sp³-hybridized carbons (Fsp3) is 0.638. The highest BCUT2D eigenvalue weighted by molar-refractivity contribution is 7.85. The van der Waals surface area contributed by atoms with Crippen molar-refractivity contribution in [3.8, 4) is 0 Å². The Kier molecular flexibility index (Phi) is 18.3. The molecule has 2 atom stereocenters. The number of benzene rings is 2. The van der Waals surface area contributed by atoms with E-state index in [0.29, 0.717) is 49.3 Å². The Balaban J connectivity index is 1.18. The third-order valence-electron chi connectivity index (χ3n) is 12.1. The molecule has 19 heteroatoms. The Morgan fingerprint density at radius 2 is 1.21 bits per heavy atom. The van der Waals surface area contributed by atoms with Crippen LogP contribution >= 0.6 is 0 Å². The van der Waals surface area contributed by atoms with Crippen molar-refractivity contribution in [2.45, 2.75) is 110 Å². The summed E-state index contributed by atoms with van der Waals surface area (Å²) in [6.07, 6.45) is 4.32. The van der Waals surface area contributed by atoms with Crippen LogP contribution in [0.2, 0.25) is 0 Å². The lowest BCUT2D eigenvalue weighted by atomic mass is 9.63. The highest BCUT2D eigenvalue weighted by Gasteiger charge is 2.38. The molecule has 0 bridgehead atoms. The fourth-order valence-corrected chi connectivity index (χ4v) is 9.05. The van der Waals surface area contributed by atoms with E-state index in [0.717, 1.165) is 59.0 Å². The predicted octanol–water partition coefficient (Wildman–Crippen LogP) is 2.49. The van der Waals surface area contributed by atoms with E-state index in [2.05, 4.69) is 58.4 Å². The zero-order valence-electron chi connectivity index (χ0n) is 40.5. The summed E-state index contributed by atoms with van der Waals surface area (Å²) in [7, 11) is 4.06. The Bertz CT molecular complexity index is 2210. The standard InChI is InChI=1S/C47H74N10O8S/c1-10-12-27-56(6,7)33-38-31-54(50-48-38)24-22-52(11-2)40-18-14-36(15-19-40)43-45(59)44(46(43)60)37-16-20-41(21-17-37)53(26-29-64-35-42(58)65-47(3,4)5)23-25-55-32-39(49-51-55)34-57(8,9)28-13-30-66(61,62)63/h14-21,31-32,43-46H,10-13,22-30,33-35H2,1-9H3,(H,61,62,63)/p-1. The molecule has 1 saturated carbocycles. The van der Waals surface area contributed by atoms with Gasteiger partial charge in [0.2, 0.25) is 0 Å². The number of esters is 1. The number of carbonyl (C=O) groups is 1. The molecule has 0 saturated heterocycles. The summed E-state index contributed by atoms with van der Waals surface area (Å²) in [4.78, 5) is 16.6. The average molecular weight is 938 g/mol. The van der Waals surface area contributed by atoms with E-state index in [-0.39, 0.29) is 19.6 Å². The lowest BCUT2D eigenvalue weighted by molar-refractivity contribution is -0.904. The summed E-state index contributed by atoms with van der Waals surface area (Å²) >= 11 is 0. The summed E-state index contributed by atoms with van der Waals surface area (Å²) in [6, 6.07) is 15.4. The smallest absolute Gasteiger partial charge is 0.332 e. The summed E-state index contributed by atoms with van der Waals surface area (Å²) in [5, 5.41) is 45.0. The number of rotatable bonds is 27. The summed E-state index contributed by atoms with van der Waals surface area (Å²) < 4.78 is 49.3. The van der Waals surface area contributed by atoms with E-state index < -0.39 is 51.5 Å². The summed E-state index contributed by atoms with van der Waals surface area (Å²) in [6.45, 7) is 16.3. The Hall–Kier alpha value is -4.50. The highest BCUT2D eigenvalue weighted by Crippen LogP contribution is 2.46. The largest absolute Gasteiger partial charge is 0.851 e. The number of likely N-dealkylation sites (N-methyl/N-ethyl adjacent to an activating group) is 1. The Labute approximate surface area is 392 Å². The van der Waals surface area contributed by atoms with Gasteiger partial charge in [-0.05, 0) is 81.3 Å². The number of nitrogens with zero attached hydrogens (tertiary/aromatic N) is 10. The molecule has 0 spiro atoms. The van der Waals surface area contributed by atoms with Crippen molar-refractivity contribution in [2.24, 2.45) is 0 Å². The van der Waals surface area contributed by atoms with Gasteiger partial charge < -0.3 is 43.0 Å². The van der Waals surface area contributed by atoms with Gasteiger partial charge in [-0.1, -0.05) is 48.0 Å². The topological polar surface area (TPSA) is 207 Å². The quantitative estimate of drug-likeness (QED) is 0.0365. The number of aromatic nitrogens is 6. The van der Waals surface area contributed by atoms with Crippen LogP contribution in [0, 0.1) is 0 Å². The number of carbonyl (C=O) groups excluding carboxylic acids is 1. The van der Waals surface area contributed by atoms with Crippen LogP contribution in [0.15, 0.2) is 60.9 Å². The average Bonchev–Trinajstić information content (AvgIpc) is 3.87. The fourth-order valence-electron chi connectivity index (χ4n) is 8.57. The first-order chi connectivity index (χ1) is 31.0. The van der Waals surface area contributed by atoms with Crippen LogP contribution in [0.3, 0.4) is 0 Å². The maximum absolute atomic E-state index is 13.8. The SMILES string of the molecule is CCCC[N+](C)(C)Cc1cn(CCN(CC)c2ccc(C3C([O-])C(c4ccc(N(CCOCC(=O)OC(C)(C)C)CCn5cc(C[N+](C)(C)CCCS(=O)(=O)[O-])nn5)cc4)C3[O-])cc2)nn1. The minimum absolute atomic E-state index is 0.189. The third-order valence-corrected chi connectivity index (χ3v) is 12.8. The van der Waals surface area contributed by atoms with E-state index in [4.69, 9.17) is 9.47 Å². The molecule has 1 aliphatic carbocycles. The molecule has 2 aromatic heterocycles. The normalized spacial score (nSPS) is 18.0. The molecule has 0 amide bonds. The van der Waals surface area contributed by atoms with Gasteiger partial charge in [0, 0.05) is 49.7 Å². The first kappa shape index (κ1) is 52.5. The predicted molar refractivity (Wildman–Crippen MR) is 248 cm³/mol. The second-order valence-corrected chi connectivity index (χ2v) is 21.4. The summed E-state index contributed by atoms with van der Waals surface area (Å²) in [5.41, 5.74) is 4.42. The van der Waals surface area contributed by atoms with Crippen LogP contribution in [-0.4, -0.2) is 162 Å². The first-order valence-electron chi connectivity index (χ1n) is 23.2. The molecule has 4 aromatic rings. The van der Waals surface area contributed by atoms with Crippen molar-refractivity contribution in [3.05, 3.63) is 83.4 Å². The minimum atomic E-state index is -4.27. The van der Waals surface area contributed by atoms with Gasteiger partial charge in [0.05, 0.1) is 83.5 Å². The van der Waals surface area contributed by atoms with Gasteiger partial charge in [-0.2, -0.15) is 0 Å². The van der Waals surface area contributed by atoms with Crippen LogP contribution < -0.4 is 20.0 Å². The van der Waals surface area contributed by atoms with E-state index in [9.17, 15) is 28.0 Å². The van der Waals surface area contributed by atoms with Crippen LogP contribution in [0.4, 0.5) is 11.4 Å². The molecule has 0 aliphatic heterocycles. The molecule has 66 heavy (non-hydrogen) atoms. The van der Waals surface area contributed by atoms with Crippen LogP contribution in [-0.2, 0) is 50.6 Å². The van der Waals surface area contributed by atoms with Crippen LogP contribution in [0.5, 0.6) is 0 Å². The summed E-state index contributed by atoms with van der Waals surface area (Å²) in [5.74, 6) is -2.18.